The monoisotopic (exact) mass is 401 g/mol. The van der Waals surface area contributed by atoms with E-state index in [0.29, 0.717) is 12.3 Å². The number of amides is 1. The van der Waals surface area contributed by atoms with E-state index < -0.39 is 0 Å². The SMILES string of the molecule is Cc1ccc(-c2nc(CC(=O)NCCC3CCNC3)cs2)cc1.Cl.Cl. The van der Waals surface area contributed by atoms with Crippen molar-refractivity contribution in [1.82, 2.24) is 15.6 Å². The summed E-state index contributed by atoms with van der Waals surface area (Å²) in [5.41, 5.74) is 3.20. The van der Waals surface area contributed by atoms with Crippen LogP contribution in [0.5, 0.6) is 0 Å². The highest BCUT2D eigenvalue weighted by molar-refractivity contribution is 7.13. The minimum absolute atomic E-state index is 0. The van der Waals surface area contributed by atoms with Crippen molar-refractivity contribution in [3.05, 3.63) is 40.9 Å². The maximum absolute atomic E-state index is 12.0. The lowest BCUT2D eigenvalue weighted by molar-refractivity contribution is -0.120. The van der Waals surface area contributed by atoms with Gasteiger partial charge in [0, 0.05) is 17.5 Å². The maximum Gasteiger partial charge on any atom is 0.226 e. The fourth-order valence-corrected chi connectivity index (χ4v) is 3.65. The molecule has 7 heteroatoms. The molecule has 0 saturated carbocycles. The van der Waals surface area contributed by atoms with Crippen molar-refractivity contribution in [3.8, 4) is 10.6 Å². The smallest absolute Gasteiger partial charge is 0.226 e. The summed E-state index contributed by atoms with van der Waals surface area (Å²) in [7, 11) is 0. The van der Waals surface area contributed by atoms with E-state index in [4.69, 9.17) is 0 Å². The van der Waals surface area contributed by atoms with Crippen LogP contribution in [0, 0.1) is 12.8 Å². The molecule has 1 fully saturated rings. The average Bonchev–Trinajstić information content (AvgIpc) is 3.20. The molecule has 0 aliphatic carbocycles. The number of nitrogens with zero attached hydrogens (tertiary/aromatic N) is 1. The Balaban J connectivity index is 0.00000156. The van der Waals surface area contributed by atoms with Crippen LogP contribution in [0.25, 0.3) is 10.6 Å². The Labute approximate surface area is 165 Å². The van der Waals surface area contributed by atoms with Crippen LogP contribution < -0.4 is 10.6 Å². The molecule has 2 N–H and O–H groups in total. The van der Waals surface area contributed by atoms with Crippen LogP contribution in [-0.2, 0) is 11.2 Å². The summed E-state index contributed by atoms with van der Waals surface area (Å²) in [6, 6.07) is 8.32. The first-order valence-corrected chi connectivity index (χ1v) is 9.07. The van der Waals surface area contributed by atoms with Gasteiger partial charge >= 0.3 is 0 Å². The minimum atomic E-state index is 0. The van der Waals surface area contributed by atoms with E-state index in [-0.39, 0.29) is 30.7 Å². The Morgan fingerprint density at radius 3 is 2.76 bits per heavy atom. The third kappa shape index (κ3) is 6.59. The topological polar surface area (TPSA) is 54.0 Å². The third-order valence-corrected chi connectivity index (χ3v) is 5.17. The third-order valence-electron chi connectivity index (χ3n) is 4.23. The van der Waals surface area contributed by atoms with Gasteiger partial charge in [0.2, 0.25) is 5.91 Å². The average molecular weight is 402 g/mol. The van der Waals surface area contributed by atoms with Crippen molar-refractivity contribution in [1.29, 1.82) is 0 Å². The molecule has 1 aromatic heterocycles. The van der Waals surface area contributed by atoms with E-state index >= 15 is 0 Å². The Morgan fingerprint density at radius 2 is 2.08 bits per heavy atom. The molecule has 0 bridgehead atoms. The number of halogens is 2. The molecule has 2 heterocycles. The van der Waals surface area contributed by atoms with Gasteiger partial charge in [0.15, 0.2) is 0 Å². The van der Waals surface area contributed by atoms with Gasteiger partial charge in [-0.05, 0) is 38.8 Å². The first-order valence-electron chi connectivity index (χ1n) is 8.19. The zero-order chi connectivity index (χ0) is 16.1. The second kappa shape index (κ2) is 10.8. The Kier molecular flexibility index (Phi) is 9.43. The van der Waals surface area contributed by atoms with Crippen LogP contribution >= 0.6 is 36.2 Å². The number of aromatic nitrogens is 1. The summed E-state index contributed by atoms with van der Waals surface area (Å²) in [6.45, 7) is 5.03. The number of aryl methyl sites for hydroxylation is 1. The predicted octanol–water partition coefficient (Wildman–Crippen LogP) is 3.62. The van der Waals surface area contributed by atoms with E-state index in [1.165, 1.54) is 12.0 Å². The molecule has 1 saturated heterocycles. The number of rotatable bonds is 6. The fraction of sp³-hybridized carbons (Fsp3) is 0.444. The van der Waals surface area contributed by atoms with Crippen molar-refractivity contribution in [2.24, 2.45) is 5.92 Å². The maximum atomic E-state index is 12.0. The normalized spacial score (nSPS) is 16.0. The van der Waals surface area contributed by atoms with Crippen molar-refractivity contribution < 1.29 is 4.79 Å². The molecule has 1 aliphatic rings. The first-order chi connectivity index (χ1) is 11.2. The van der Waals surface area contributed by atoms with E-state index in [2.05, 4.69) is 46.8 Å². The van der Waals surface area contributed by atoms with Crippen molar-refractivity contribution in [3.63, 3.8) is 0 Å². The number of thiazole rings is 1. The second-order valence-corrected chi connectivity index (χ2v) is 7.04. The highest BCUT2D eigenvalue weighted by Crippen LogP contribution is 2.24. The standard InChI is InChI=1S/C18H23N3OS.2ClH/c1-13-2-4-15(5-3-13)18-21-16(12-23-18)10-17(22)20-9-7-14-6-8-19-11-14;;/h2-5,12,14,19H,6-11H2,1H3,(H,20,22);2*1H. The molecule has 1 unspecified atom stereocenters. The van der Waals surface area contributed by atoms with Gasteiger partial charge in [0.25, 0.3) is 0 Å². The van der Waals surface area contributed by atoms with Gasteiger partial charge in [0.05, 0.1) is 12.1 Å². The molecule has 3 rings (SSSR count). The number of benzene rings is 1. The molecular formula is C18H25Cl2N3OS. The predicted molar refractivity (Wildman–Crippen MR) is 109 cm³/mol. The van der Waals surface area contributed by atoms with Crippen LogP contribution in [0.1, 0.15) is 24.1 Å². The van der Waals surface area contributed by atoms with Crippen LogP contribution in [0.15, 0.2) is 29.6 Å². The van der Waals surface area contributed by atoms with E-state index in [1.807, 2.05) is 5.38 Å². The summed E-state index contributed by atoms with van der Waals surface area (Å²) in [5.74, 6) is 0.777. The quantitative estimate of drug-likeness (QED) is 0.776. The van der Waals surface area contributed by atoms with Gasteiger partial charge in [-0.3, -0.25) is 4.79 Å². The van der Waals surface area contributed by atoms with E-state index in [1.54, 1.807) is 11.3 Å². The highest BCUT2D eigenvalue weighted by atomic mass is 35.5. The number of nitrogens with one attached hydrogen (secondary N) is 2. The number of carbonyl (C=O) groups is 1. The zero-order valence-corrected chi connectivity index (χ0v) is 16.7. The Hall–Kier alpha value is -1.14. The van der Waals surface area contributed by atoms with Crippen LogP contribution in [0.3, 0.4) is 0 Å². The lowest BCUT2D eigenvalue weighted by Gasteiger charge is -2.08. The minimum Gasteiger partial charge on any atom is -0.356 e. The van der Waals surface area contributed by atoms with Gasteiger partial charge in [-0.25, -0.2) is 4.98 Å². The largest absolute Gasteiger partial charge is 0.356 e. The number of hydrogen-bond acceptors (Lipinski definition) is 4. The molecule has 1 amide bonds. The first kappa shape index (κ1) is 21.9. The lowest BCUT2D eigenvalue weighted by atomic mass is 10.1. The van der Waals surface area contributed by atoms with E-state index in [0.717, 1.165) is 42.3 Å². The second-order valence-electron chi connectivity index (χ2n) is 6.18. The van der Waals surface area contributed by atoms with Gasteiger partial charge < -0.3 is 10.6 Å². The van der Waals surface area contributed by atoms with Crippen molar-refractivity contribution >= 4 is 42.1 Å². The lowest BCUT2D eigenvalue weighted by Crippen LogP contribution is -2.27. The fourth-order valence-electron chi connectivity index (χ4n) is 2.82. The molecule has 0 radical (unpaired) electrons. The molecule has 4 nitrogen and oxygen atoms in total. The van der Waals surface area contributed by atoms with Crippen molar-refractivity contribution in [2.75, 3.05) is 19.6 Å². The van der Waals surface area contributed by atoms with Gasteiger partial charge in [0.1, 0.15) is 5.01 Å². The molecule has 1 atom stereocenters. The number of hydrogen-bond donors (Lipinski definition) is 2. The zero-order valence-electron chi connectivity index (χ0n) is 14.3. The Bertz CT molecular complexity index is 655. The van der Waals surface area contributed by atoms with E-state index in [9.17, 15) is 4.79 Å². The summed E-state index contributed by atoms with van der Waals surface area (Å²) >= 11 is 1.60. The van der Waals surface area contributed by atoms with Crippen molar-refractivity contribution in [2.45, 2.75) is 26.2 Å². The van der Waals surface area contributed by atoms with Gasteiger partial charge in [-0.15, -0.1) is 36.2 Å². The van der Waals surface area contributed by atoms with Gasteiger partial charge in [-0.2, -0.15) is 0 Å². The molecule has 2 aromatic rings. The Morgan fingerprint density at radius 1 is 1.32 bits per heavy atom. The summed E-state index contributed by atoms with van der Waals surface area (Å²) in [5, 5.41) is 9.32. The van der Waals surface area contributed by atoms with Crippen LogP contribution in [0.4, 0.5) is 0 Å². The molecule has 138 valence electrons. The van der Waals surface area contributed by atoms with Crippen LogP contribution in [0.2, 0.25) is 0 Å². The molecule has 1 aromatic carbocycles. The van der Waals surface area contributed by atoms with Gasteiger partial charge in [-0.1, -0.05) is 29.8 Å². The number of carbonyl (C=O) groups excluding carboxylic acids is 1. The summed E-state index contributed by atoms with van der Waals surface area (Å²) in [4.78, 5) is 16.6. The molecular weight excluding hydrogens is 377 g/mol. The van der Waals surface area contributed by atoms with Crippen LogP contribution in [-0.4, -0.2) is 30.5 Å². The summed E-state index contributed by atoms with van der Waals surface area (Å²) in [6.07, 6.45) is 2.65. The summed E-state index contributed by atoms with van der Waals surface area (Å²) < 4.78 is 0. The molecule has 0 spiro atoms. The molecule has 1 aliphatic heterocycles. The highest BCUT2D eigenvalue weighted by Gasteiger charge is 2.14. The molecule has 25 heavy (non-hydrogen) atoms.